The number of aryl methyl sites for hydroxylation is 1. The first kappa shape index (κ1) is 31.3. The number of amidine groups is 1. The Kier molecular flexibility index (Phi) is 8.36. The fourth-order valence-electron chi connectivity index (χ4n) is 5.19. The smallest absolute Gasteiger partial charge is 0.406 e. The van der Waals surface area contributed by atoms with Crippen LogP contribution >= 0.6 is 11.8 Å². The summed E-state index contributed by atoms with van der Waals surface area (Å²) in [7, 11) is 0. The molecule has 3 aromatic carbocycles. The summed E-state index contributed by atoms with van der Waals surface area (Å²) in [5.74, 6) is 0.311. The Hall–Kier alpha value is -4.65. The van der Waals surface area contributed by atoms with E-state index in [9.17, 15) is 22.8 Å². The number of alkyl halides is 3. The zero-order chi connectivity index (χ0) is 32.6. The van der Waals surface area contributed by atoms with Crippen molar-refractivity contribution in [2.24, 2.45) is 4.99 Å². The van der Waals surface area contributed by atoms with Crippen LogP contribution in [0.3, 0.4) is 0 Å². The third-order valence-corrected chi connectivity index (χ3v) is 9.18. The van der Waals surface area contributed by atoms with Crippen molar-refractivity contribution in [3.8, 4) is 22.8 Å². The van der Waals surface area contributed by atoms with Gasteiger partial charge in [-0.3, -0.25) is 9.69 Å². The van der Waals surface area contributed by atoms with Crippen LogP contribution in [-0.4, -0.2) is 49.5 Å². The van der Waals surface area contributed by atoms with Gasteiger partial charge < -0.3 is 10.1 Å². The molecule has 13 heteroatoms. The summed E-state index contributed by atoms with van der Waals surface area (Å²) in [6.45, 7) is 6.49. The van der Waals surface area contributed by atoms with Crippen LogP contribution in [0.1, 0.15) is 49.3 Å². The summed E-state index contributed by atoms with van der Waals surface area (Å²) in [5.41, 5.74) is 5.10. The Labute approximate surface area is 267 Å². The van der Waals surface area contributed by atoms with Gasteiger partial charge >= 0.3 is 12.4 Å². The SMILES string of the molecule is Cc1ccc(C(C)C)c(N2C(=O)C3(CC3)SC2=NC(=O)NCCc2ccc(-c3ncn(-c4ccc(OC(F)(F)F)cc4)n3)cc2)c1. The summed E-state index contributed by atoms with van der Waals surface area (Å²) < 4.78 is 42.1. The zero-order valence-electron chi connectivity index (χ0n) is 25.3. The molecule has 1 aromatic heterocycles. The van der Waals surface area contributed by atoms with E-state index in [4.69, 9.17) is 0 Å². The lowest BCUT2D eigenvalue weighted by Gasteiger charge is -2.22. The van der Waals surface area contributed by atoms with E-state index in [1.54, 1.807) is 4.90 Å². The molecule has 9 nitrogen and oxygen atoms in total. The maximum Gasteiger partial charge on any atom is 0.573 e. The normalized spacial score (nSPS) is 16.5. The average molecular weight is 649 g/mol. The van der Waals surface area contributed by atoms with Crippen molar-refractivity contribution in [2.45, 2.75) is 57.1 Å². The monoisotopic (exact) mass is 648 g/mol. The van der Waals surface area contributed by atoms with Crippen molar-refractivity contribution in [2.75, 3.05) is 11.4 Å². The second-order valence-electron chi connectivity index (χ2n) is 11.6. The first-order valence-corrected chi connectivity index (χ1v) is 15.6. The number of thioether (sulfide) groups is 1. The van der Waals surface area contributed by atoms with E-state index in [0.717, 1.165) is 40.8 Å². The van der Waals surface area contributed by atoms with Crippen LogP contribution in [0, 0.1) is 6.92 Å². The van der Waals surface area contributed by atoms with E-state index >= 15 is 0 Å². The third kappa shape index (κ3) is 6.79. The number of hydrogen-bond acceptors (Lipinski definition) is 6. The molecule has 1 N–H and O–H groups in total. The minimum absolute atomic E-state index is 0.00981. The minimum atomic E-state index is -4.76. The van der Waals surface area contributed by atoms with Crippen LogP contribution in [0.2, 0.25) is 0 Å². The molecule has 0 unspecified atom stereocenters. The Balaban J connectivity index is 1.07. The highest BCUT2D eigenvalue weighted by Gasteiger charge is 2.60. The molecule has 4 aromatic rings. The number of urea groups is 1. The molecule has 0 bridgehead atoms. The number of anilines is 1. The first-order chi connectivity index (χ1) is 21.9. The number of nitrogens with zero attached hydrogens (tertiary/aromatic N) is 5. The Bertz CT molecular complexity index is 1800. The van der Waals surface area contributed by atoms with Gasteiger partial charge in [0.1, 0.15) is 16.8 Å². The second kappa shape index (κ2) is 12.3. The molecule has 238 valence electrons. The lowest BCUT2D eigenvalue weighted by molar-refractivity contribution is -0.274. The number of carbonyl (C=O) groups excluding carboxylic acids is 2. The highest BCUT2D eigenvalue weighted by Crippen LogP contribution is 2.56. The van der Waals surface area contributed by atoms with E-state index in [0.29, 0.717) is 29.6 Å². The lowest BCUT2D eigenvalue weighted by Crippen LogP contribution is -2.35. The van der Waals surface area contributed by atoms with Crippen LogP contribution in [0.25, 0.3) is 17.1 Å². The number of halogens is 3. The molecule has 1 saturated carbocycles. The number of aliphatic imine (C=N–C) groups is 1. The van der Waals surface area contributed by atoms with E-state index in [1.807, 2.05) is 49.4 Å². The van der Waals surface area contributed by atoms with Crippen LogP contribution in [-0.2, 0) is 11.2 Å². The summed E-state index contributed by atoms with van der Waals surface area (Å²) in [6.07, 6.45) is -1.18. The predicted octanol–water partition coefficient (Wildman–Crippen LogP) is 7.19. The van der Waals surface area contributed by atoms with Crippen molar-refractivity contribution < 1.29 is 27.5 Å². The maximum atomic E-state index is 13.5. The number of carbonyl (C=O) groups is 2. The standard InChI is InChI=1S/C33H31F3N6O3S/c1-20(2)26-13-4-21(3)18-27(26)42-29(43)32(15-16-32)46-31(42)39-30(44)37-17-14-22-5-7-23(8-6-22)28-38-19-41(40-28)24-9-11-25(12-10-24)45-33(34,35)36/h4-13,18-20H,14-17H2,1-3H3,(H,37,44). The molecule has 1 saturated heterocycles. The Morgan fingerprint density at radius 2 is 1.80 bits per heavy atom. The molecule has 1 spiro atoms. The summed E-state index contributed by atoms with van der Waals surface area (Å²) in [5, 5.41) is 7.69. The fraction of sp³-hybridized carbons (Fsp3) is 0.303. The summed E-state index contributed by atoms with van der Waals surface area (Å²) in [4.78, 5) is 36.7. The molecular formula is C33H31F3N6O3S. The van der Waals surface area contributed by atoms with Crippen molar-refractivity contribution in [3.63, 3.8) is 0 Å². The van der Waals surface area contributed by atoms with Crippen LogP contribution < -0.4 is 15.0 Å². The van der Waals surface area contributed by atoms with Gasteiger partial charge in [0.05, 0.1) is 11.4 Å². The number of benzene rings is 3. The van der Waals surface area contributed by atoms with Crippen molar-refractivity contribution >= 4 is 34.6 Å². The van der Waals surface area contributed by atoms with Gasteiger partial charge in [0, 0.05) is 12.1 Å². The fourth-order valence-corrected chi connectivity index (χ4v) is 6.42. The topological polar surface area (TPSA) is 102 Å². The maximum absolute atomic E-state index is 13.5. The van der Waals surface area contributed by atoms with E-state index in [-0.39, 0.29) is 17.6 Å². The van der Waals surface area contributed by atoms with Crippen molar-refractivity contribution in [1.82, 2.24) is 20.1 Å². The molecule has 2 aliphatic rings. The van der Waals surface area contributed by atoms with Crippen LogP contribution in [0.5, 0.6) is 5.75 Å². The molecule has 1 aliphatic heterocycles. The van der Waals surface area contributed by atoms with Gasteiger partial charge in [0.15, 0.2) is 11.0 Å². The number of rotatable bonds is 8. The number of ether oxygens (including phenoxy) is 1. The number of amides is 3. The van der Waals surface area contributed by atoms with Crippen LogP contribution in [0.4, 0.5) is 23.7 Å². The number of aromatic nitrogens is 3. The number of hydrogen-bond donors (Lipinski definition) is 1. The predicted molar refractivity (Wildman–Crippen MR) is 170 cm³/mol. The van der Waals surface area contributed by atoms with E-state index in [2.05, 4.69) is 39.0 Å². The highest BCUT2D eigenvalue weighted by molar-refractivity contribution is 8.17. The molecule has 3 amide bonds. The zero-order valence-corrected chi connectivity index (χ0v) is 26.2. The molecule has 6 rings (SSSR count). The molecule has 1 aliphatic carbocycles. The van der Waals surface area contributed by atoms with Crippen molar-refractivity contribution in [1.29, 1.82) is 0 Å². The van der Waals surface area contributed by atoms with Gasteiger partial charge in [-0.2, -0.15) is 4.99 Å². The second-order valence-corrected chi connectivity index (χ2v) is 12.9. The average Bonchev–Trinajstić information content (AvgIpc) is 3.52. The summed E-state index contributed by atoms with van der Waals surface area (Å²) >= 11 is 1.38. The molecule has 46 heavy (non-hydrogen) atoms. The molecule has 2 fully saturated rings. The van der Waals surface area contributed by atoms with Crippen molar-refractivity contribution in [3.05, 3.63) is 89.7 Å². The third-order valence-electron chi connectivity index (χ3n) is 7.75. The van der Waals surface area contributed by atoms with E-state index < -0.39 is 17.1 Å². The van der Waals surface area contributed by atoms with Crippen LogP contribution in [0.15, 0.2) is 78.0 Å². The van der Waals surface area contributed by atoms with Gasteiger partial charge in [0.25, 0.3) is 0 Å². The highest BCUT2D eigenvalue weighted by atomic mass is 32.2. The Morgan fingerprint density at radius 1 is 1.09 bits per heavy atom. The molecule has 0 atom stereocenters. The molecule has 0 radical (unpaired) electrons. The van der Waals surface area contributed by atoms with Gasteiger partial charge in [-0.1, -0.05) is 62.0 Å². The van der Waals surface area contributed by atoms with Gasteiger partial charge in [0.2, 0.25) is 5.91 Å². The van der Waals surface area contributed by atoms with E-state index in [1.165, 1.54) is 47.0 Å². The molecule has 2 heterocycles. The van der Waals surface area contributed by atoms with Gasteiger partial charge in [-0.15, -0.1) is 18.3 Å². The van der Waals surface area contributed by atoms with Gasteiger partial charge in [-0.05, 0) is 79.1 Å². The molecular weight excluding hydrogens is 617 g/mol. The lowest BCUT2D eigenvalue weighted by atomic mass is 9.98. The van der Waals surface area contributed by atoms with Gasteiger partial charge in [-0.25, -0.2) is 14.5 Å². The minimum Gasteiger partial charge on any atom is -0.406 e. The first-order valence-electron chi connectivity index (χ1n) is 14.8. The number of nitrogens with one attached hydrogen (secondary N) is 1. The largest absolute Gasteiger partial charge is 0.573 e. The Morgan fingerprint density at radius 3 is 2.46 bits per heavy atom. The quantitative estimate of drug-likeness (QED) is 0.217. The summed E-state index contributed by atoms with van der Waals surface area (Å²) in [6, 6.07) is 18.4.